The van der Waals surface area contributed by atoms with Crippen LogP contribution in [0.5, 0.6) is 0 Å². The summed E-state index contributed by atoms with van der Waals surface area (Å²) in [5, 5.41) is 24.5. The predicted octanol–water partition coefficient (Wildman–Crippen LogP) is 1.48. The topological polar surface area (TPSA) is 95.6 Å². The van der Waals surface area contributed by atoms with Crippen molar-refractivity contribution in [2.24, 2.45) is 0 Å². The molecule has 7 nitrogen and oxygen atoms in total. The van der Waals surface area contributed by atoms with E-state index in [-0.39, 0.29) is 18.0 Å². The van der Waals surface area contributed by atoms with Crippen molar-refractivity contribution in [3.8, 4) is 6.07 Å². The minimum atomic E-state index is -0.672. The molecule has 1 saturated carbocycles. The third-order valence-corrected chi connectivity index (χ3v) is 5.50. The third-order valence-electron chi connectivity index (χ3n) is 5.50. The zero-order chi connectivity index (χ0) is 17.9. The number of carbonyl (C=O) groups is 1. The maximum Gasteiger partial charge on any atom is 0.238 e. The lowest BCUT2D eigenvalue weighted by Gasteiger charge is -2.34. The molecule has 2 aliphatic rings. The van der Waals surface area contributed by atoms with E-state index in [1.54, 1.807) is 0 Å². The van der Waals surface area contributed by atoms with Crippen LogP contribution in [0.25, 0.3) is 0 Å². The van der Waals surface area contributed by atoms with Crippen LogP contribution in [0.1, 0.15) is 64.0 Å². The van der Waals surface area contributed by atoms with E-state index in [0.717, 1.165) is 69.6 Å². The minimum Gasteiger partial charge on any atom is -0.336 e. The first-order chi connectivity index (χ1) is 12.1. The van der Waals surface area contributed by atoms with Crippen molar-refractivity contribution in [2.75, 3.05) is 0 Å². The van der Waals surface area contributed by atoms with Crippen LogP contribution < -0.4 is 10.6 Å². The molecule has 1 amide bonds. The smallest absolute Gasteiger partial charge is 0.238 e. The van der Waals surface area contributed by atoms with Gasteiger partial charge in [-0.1, -0.05) is 26.2 Å². The number of carbonyl (C=O) groups excluding carboxylic acids is 1. The largest absolute Gasteiger partial charge is 0.336 e. The molecule has 0 saturated heterocycles. The van der Waals surface area contributed by atoms with E-state index in [1.165, 1.54) is 0 Å². The summed E-state index contributed by atoms with van der Waals surface area (Å²) in [6, 6.07) is 2.25. The SMILES string of the molecule is CCc1nnc2n1CC(NC(C)C(=O)NC1(C#N)CCCCC1)CC2. The molecule has 2 heterocycles. The van der Waals surface area contributed by atoms with Gasteiger partial charge in [0.15, 0.2) is 0 Å². The van der Waals surface area contributed by atoms with E-state index in [4.69, 9.17) is 0 Å². The molecule has 1 aromatic heterocycles. The Morgan fingerprint density at radius 3 is 2.84 bits per heavy atom. The predicted molar refractivity (Wildman–Crippen MR) is 93.7 cm³/mol. The lowest BCUT2D eigenvalue weighted by Crippen LogP contribution is -2.56. The summed E-state index contributed by atoms with van der Waals surface area (Å²) in [7, 11) is 0. The van der Waals surface area contributed by atoms with Gasteiger partial charge >= 0.3 is 0 Å². The summed E-state index contributed by atoms with van der Waals surface area (Å²) in [6.07, 6.45) is 7.37. The fourth-order valence-electron chi connectivity index (χ4n) is 3.97. The Balaban J connectivity index is 1.58. The second-order valence-corrected chi connectivity index (χ2v) is 7.36. The molecule has 0 bridgehead atoms. The normalized spacial score (nSPS) is 23.3. The number of aromatic nitrogens is 3. The highest BCUT2D eigenvalue weighted by Gasteiger charge is 2.35. The summed E-state index contributed by atoms with van der Waals surface area (Å²) in [5.74, 6) is 1.97. The summed E-state index contributed by atoms with van der Waals surface area (Å²) < 4.78 is 2.17. The van der Waals surface area contributed by atoms with Crippen molar-refractivity contribution < 1.29 is 4.79 Å². The van der Waals surface area contributed by atoms with Crippen molar-refractivity contribution in [1.82, 2.24) is 25.4 Å². The molecule has 2 atom stereocenters. The Morgan fingerprint density at radius 2 is 2.16 bits per heavy atom. The van der Waals surface area contributed by atoms with Gasteiger partial charge < -0.3 is 15.2 Å². The average molecular weight is 344 g/mol. The number of rotatable bonds is 5. The molecule has 136 valence electrons. The zero-order valence-corrected chi connectivity index (χ0v) is 15.2. The third kappa shape index (κ3) is 3.84. The van der Waals surface area contributed by atoms with E-state index < -0.39 is 5.54 Å². The standard InChI is InChI=1S/C18H28N6O/c1-3-15-22-23-16-8-7-14(11-24(15)16)20-13(2)17(25)21-18(12-19)9-5-4-6-10-18/h13-14,20H,3-11H2,1-2H3,(H,21,25). The molecule has 1 aromatic rings. The van der Waals surface area contributed by atoms with Gasteiger partial charge in [-0.3, -0.25) is 4.79 Å². The van der Waals surface area contributed by atoms with Crippen LogP contribution >= 0.6 is 0 Å². The molecule has 0 radical (unpaired) electrons. The Labute approximate surface area is 149 Å². The Kier molecular flexibility index (Phi) is 5.38. The van der Waals surface area contributed by atoms with Crippen molar-refractivity contribution in [3.63, 3.8) is 0 Å². The van der Waals surface area contributed by atoms with Crippen molar-refractivity contribution >= 4 is 5.91 Å². The number of nitrogens with one attached hydrogen (secondary N) is 2. The number of aryl methyl sites for hydroxylation is 2. The number of hydrogen-bond acceptors (Lipinski definition) is 5. The van der Waals surface area contributed by atoms with Crippen LogP contribution in [0.15, 0.2) is 0 Å². The number of amides is 1. The van der Waals surface area contributed by atoms with Crippen LogP contribution in [-0.2, 0) is 24.2 Å². The monoisotopic (exact) mass is 344 g/mol. The minimum absolute atomic E-state index is 0.0753. The first kappa shape index (κ1) is 17.9. The van der Waals surface area contributed by atoms with Crippen molar-refractivity contribution in [3.05, 3.63) is 11.6 Å². The first-order valence-corrected chi connectivity index (χ1v) is 9.47. The fourth-order valence-corrected chi connectivity index (χ4v) is 3.97. The van der Waals surface area contributed by atoms with Gasteiger partial charge in [0.05, 0.1) is 12.1 Å². The van der Waals surface area contributed by atoms with E-state index in [1.807, 2.05) is 6.92 Å². The Morgan fingerprint density at radius 1 is 1.40 bits per heavy atom. The average Bonchev–Trinajstić information content (AvgIpc) is 3.04. The number of fused-ring (bicyclic) bond motifs is 1. The molecular formula is C18H28N6O. The maximum atomic E-state index is 12.6. The molecule has 0 aromatic carbocycles. The van der Waals surface area contributed by atoms with Gasteiger partial charge in [-0.15, -0.1) is 10.2 Å². The van der Waals surface area contributed by atoms with Gasteiger partial charge in [-0.25, -0.2) is 0 Å². The summed E-state index contributed by atoms with van der Waals surface area (Å²) in [6.45, 7) is 4.76. The molecule has 2 unspecified atom stereocenters. The molecular weight excluding hydrogens is 316 g/mol. The molecule has 1 fully saturated rings. The lowest BCUT2D eigenvalue weighted by atomic mass is 9.82. The molecule has 0 spiro atoms. The van der Waals surface area contributed by atoms with Crippen LogP contribution in [-0.4, -0.2) is 38.3 Å². The van der Waals surface area contributed by atoms with E-state index in [9.17, 15) is 10.1 Å². The van der Waals surface area contributed by atoms with Crippen LogP contribution in [0.4, 0.5) is 0 Å². The first-order valence-electron chi connectivity index (χ1n) is 9.47. The Hall–Kier alpha value is -1.94. The molecule has 2 N–H and O–H groups in total. The van der Waals surface area contributed by atoms with Crippen LogP contribution in [0.3, 0.4) is 0 Å². The molecule has 1 aliphatic carbocycles. The fraction of sp³-hybridized carbons (Fsp3) is 0.778. The Bertz CT molecular complexity index is 642. The summed E-state index contributed by atoms with van der Waals surface area (Å²) >= 11 is 0. The zero-order valence-electron chi connectivity index (χ0n) is 15.2. The summed E-state index contributed by atoms with van der Waals surface area (Å²) in [4.78, 5) is 12.6. The maximum absolute atomic E-state index is 12.6. The quantitative estimate of drug-likeness (QED) is 0.843. The molecule has 7 heteroatoms. The van der Waals surface area contributed by atoms with E-state index in [2.05, 4.69) is 38.4 Å². The van der Waals surface area contributed by atoms with Gasteiger partial charge in [-0.05, 0) is 26.2 Å². The van der Waals surface area contributed by atoms with Crippen molar-refractivity contribution in [2.45, 2.75) is 89.4 Å². The highest BCUT2D eigenvalue weighted by Crippen LogP contribution is 2.27. The van der Waals surface area contributed by atoms with E-state index in [0.29, 0.717) is 0 Å². The number of nitrogens with zero attached hydrogens (tertiary/aromatic N) is 4. The molecule has 1 aliphatic heterocycles. The van der Waals surface area contributed by atoms with Gasteiger partial charge in [0, 0.05) is 25.4 Å². The second-order valence-electron chi connectivity index (χ2n) is 7.36. The van der Waals surface area contributed by atoms with E-state index >= 15 is 0 Å². The van der Waals surface area contributed by atoms with Gasteiger partial charge in [0.1, 0.15) is 17.2 Å². The van der Waals surface area contributed by atoms with Gasteiger partial charge in [0.25, 0.3) is 0 Å². The lowest BCUT2D eigenvalue weighted by molar-refractivity contribution is -0.124. The van der Waals surface area contributed by atoms with Gasteiger partial charge in [-0.2, -0.15) is 5.26 Å². The molecule has 3 rings (SSSR count). The van der Waals surface area contributed by atoms with Crippen LogP contribution in [0.2, 0.25) is 0 Å². The molecule has 25 heavy (non-hydrogen) atoms. The second kappa shape index (κ2) is 7.52. The number of nitriles is 1. The van der Waals surface area contributed by atoms with Gasteiger partial charge in [0.2, 0.25) is 5.91 Å². The number of hydrogen-bond donors (Lipinski definition) is 2. The highest BCUT2D eigenvalue weighted by atomic mass is 16.2. The summed E-state index contributed by atoms with van der Waals surface area (Å²) in [5.41, 5.74) is -0.672. The highest BCUT2D eigenvalue weighted by molar-refractivity contribution is 5.82. The van der Waals surface area contributed by atoms with Crippen molar-refractivity contribution in [1.29, 1.82) is 5.26 Å². The van der Waals surface area contributed by atoms with Crippen LogP contribution in [0, 0.1) is 11.3 Å².